The third-order valence-corrected chi connectivity index (χ3v) is 4.06. The molecule has 0 saturated heterocycles. The molecule has 0 aliphatic rings. The SMILES string of the molecule is CCOC(=O)c1cn(Cc2ccc(Cl)cc2)c2cc(Br)nn2c1=O. The number of benzene rings is 1. The summed E-state index contributed by atoms with van der Waals surface area (Å²) >= 11 is 9.17. The standard InChI is InChI=1S/C16H13BrClN3O3/c1-2-24-16(23)12-9-20(8-10-3-5-11(18)6-4-10)14-7-13(17)19-21(14)15(12)22/h3-7,9H,2,8H2,1H3. The Kier molecular flexibility index (Phi) is 4.73. The molecule has 2 aromatic heterocycles. The van der Waals surface area contributed by atoms with Crippen molar-refractivity contribution in [2.75, 3.05) is 6.61 Å². The maximum absolute atomic E-state index is 12.5. The highest BCUT2D eigenvalue weighted by molar-refractivity contribution is 9.10. The van der Waals surface area contributed by atoms with E-state index in [9.17, 15) is 9.59 Å². The zero-order chi connectivity index (χ0) is 17.3. The quantitative estimate of drug-likeness (QED) is 0.620. The molecule has 3 rings (SSSR count). The average molecular weight is 411 g/mol. The second-order valence-electron chi connectivity index (χ2n) is 5.06. The Bertz CT molecular complexity index is 963. The van der Waals surface area contributed by atoms with Gasteiger partial charge in [0.05, 0.1) is 6.61 Å². The van der Waals surface area contributed by atoms with Gasteiger partial charge in [0.1, 0.15) is 15.8 Å². The first kappa shape index (κ1) is 16.7. The van der Waals surface area contributed by atoms with Gasteiger partial charge < -0.3 is 9.30 Å². The van der Waals surface area contributed by atoms with Crippen LogP contribution in [-0.4, -0.2) is 26.8 Å². The average Bonchev–Trinajstić information content (AvgIpc) is 2.95. The van der Waals surface area contributed by atoms with Gasteiger partial charge in [-0.25, -0.2) is 4.79 Å². The molecular weight excluding hydrogens is 398 g/mol. The van der Waals surface area contributed by atoms with Gasteiger partial charge in [-0.05, 0) is 40.5 Å². The van der Waals surface area contributed by atoms with Gasteiger partial charge in [-0.3, -0.25) is 4.79 Å². The van der Waals surface area contributed by atoms with E-state index in [1.54, 1.807) is 29.7 Å². The van der Waals surface area contributed by atoms with Gasteiger partial charge in [-0.1, -0.05) is 23.7 Å². The van der Waals surface area contributed by atoms with Gasteiger partial charge in [0.25, 0.3) is 5.56 Å². The van der Waals surface area contributed by atoms with Crippen molar-refractivity contribution in [3.63, 3.8) is 0 Å². The predicted octanol–water partition coefficient (Wildman–Crippen LogP) is 3.14. The molecule has 0 saturated carbocycles. The van der Waals surface area contributed by atoms with Crippen molar-refractivity contribution in [1.82, 2.24) is 14.2 Å². The molecule has 0 aliphatic carbocycles. The molecule has 2 heterocycles. The van der Waals surface area contributed by atoms with Crippen molar-refractivity contribution in [2.24, 2.45) is 0 Å². The number of rotatable bonds is 4. The lowest BCUT2D eigenvalue weighted by atomic mass is 10.2. The van der Waals surface area contributed by atoms with Crippen LogP contribution in [0.5, 0.6) is 0 Å². The first-order valence-electron chi connectivity index (χ1n) is 7.20. The highest BCUT2D eigenvalue weighted by Gasteiger charge is 2.18. The number of carbonyl (C=O) groups excluding carboxylic acids is 1. The Hall–Kier alpha value is -2.12. The molecule has 6 nitrogen and oxygen atoms in total. The molecule has 0 radical (unpaired) electrons. The van der Waals surface area contributed by atoms with Crippen LogP contribution < -0.4 is 5.56 Å². The number of nitrogens with zero attached hydrogens (tertiary/aromatic N) is 3. The summed E-state index contributed by atoms with van der Waals surface area (Å²) in [6.45, 7) is 2.33. The fourth-order valence-electron chi connectivity index (χ4n) is 2.35. The Morgan fingerprint density at radius 2 is 2.04 bits per heavy atom. The highest BCUT2D eigenvalue weighted by atomic mass is 79.9. The zero-order valence-electron chi connectivity index (χ0n) is 12.7. The van der Waals surface area contributed by atoms with E-state index in [1.807, 2.05) is 12.1 Å². The van der Waals surface area contributed by atoms with Crippen LogP contribution in [0.1, 0.15) is 22.8 Å². The molecule has 0 unspecified atom stereocenters. The van der Waals surface area contributed by atoms with Crippen LogP contribution in [-0.2, 0) is 11.3 Å². The van der Waals surface area contributed by atoms with Crippen LogP contribution in [0.25, 0.3) is 5.65 Å². The molecule has 124 valence electrons. The second kappa shape index (κ2) is 6.78. The van der Waals surface area contributed by atoms with Crippen LogP contribution in [0.2, 0.25) is 5.02 Å². The maximum atomic E-state index is 12.5. The monoisotopic (exact) mass is 409 g/mol. The lowest BCUT2D eigenvalue weighted by Gasteiger charge is -2.11. The third-order valence-electron chi connectivity index (χ3n) is 3.42. The van der Waals surface area contributed by atoms with Gasteiger partial charge in [-0.15, -0.1) is 0 Å². The van der Waals surface area contributed by atoms with Crippen LogP contribution in [0.3, 0.4) is 0 Å². The summed E-state index contributed by atoms with van der Waals surface area (Å²) in [4.78, 5) is 24.5. The van der Waals surface area contributed by atoms with Crippen molar-refractivity contribution < 1.29 is 9.53 Å². The number of ether oxygens (including phenoxy) is 1. The Balaban J connectivity index is 2.14. The third kappa shape index (κ3) is 3.22. The minimum Gasteiger partial charge on any atom is -0.462 e. The van der Waals surface area contributed by atoms with Crippen molar-refractivity contribution >= 4 is 39.1 Å². The van der Waals surface area contributed by atoms with Crippen LogP contribution in [0, 0.1) is 0 Å². The fourth-order valence-corrected chi connectivity index (χ4v) is 2.84. The van der Waals surface area contributed by atoms with E-state index >= 15 is 0 Å². The summed E-state index contributed by atoms with van der Waals surface area (Å²) < 4.78 is 8.43. The van der Waals surface area contributed by atoms with E-state index < -0.39 is 11.5 Å². The van der Waals surface area contributed by atoms with Crippen LogP contribution in [0.4, 0.5) is 0 Å². The number of hydrogen-bond donors (Lipinski definition) is 0. The Morgan fingerprint density at radius 3 is 2.71 bits per heavy atom. The van der Waals surface area contributed by atoms with Gasteiger partial charge in [0.2, 0.25) is 0 Å². The summed E-state index contributed by atoms with van der Waals surface area (Å²) in [5, 5.41) is 4.75. The van der Waals surface area contributed by atoms with Gasteiger partial charge >= 0.3 is 5.97 Å². The molecule has 0 atom stereocenters. The summed E-state index contributed by atoms with van der Waals surface area (Å²) in [7, 11) is 0. The summed E-state index contributed by atoms with van der Waals surface area (Å²) in [5.41, 5.74) is 0.961. The molecule has 3 aromatic rings. The van der Waals surface area contributed by atoms with Crippen LogP contribution >= 0.6 is 27.5 Å². The summed E-state index contributed by atoms with van der Waals surface area (Å²) in [6.07, 6.45) is 1.50. The molecule has 0 aliphatic heterocycles. The number of esters is 1. The lowest BCUT2D eigenvalue weighted by molar-refractivity contribution is 0.0523. The van der Waals surface area contributed by atoms with Crippen molar-refractivity contribution in [3.05, 3.63) is 67.6 Å². The number of aromatic nitrogens is 3. The first-order chi connectivity index (χ1) is 11.5. The number of fused-ring (bicyclic) bond motifs is 1. The minimum absolute atomic E-state index is 0.0612. The summed E-state index contributed by atoms with van der Waals surface area (Å²) in [5.74, 6) is -0.666. The fraction of sp³-hybridized carbons (Fsp3) is 0.188. The number of carbonyl (C=O) groups is 1. The van der Waals surface area contributed by atoms with Gasteiger partial charge in [0, 0.05) is 23.8 Å². The Morgan fingerprint density at radius 1 is 1.33 bits per heavy atom. The molecule has 24 heavy (non-hydrogen) atoms. The normalized spacial score (nSPS) is 11.0. The largest absolute Gasteiger partial charge is 0.462 e. The topological polar surface area (TPSA) is 65.6 Å². The van der Waals surface area contributed by atoms with E-state index in [1.165, 1.54) is 10.7 Å². The second-order valence-corrected chi connectivity index (χ2v) is 6.31. The molecule has 8 heteroatoms. The summed E-state index contributed by atoms with van der Waals surface area (Å²) in [6, 6.07) is 9.05. The Labute approximate surface area is 150 Å². The van der Waals surface area contributed by atoms with E-state index in [-0.39, 0.29) is 12.2 Å². The van der Waals surface area contributed by atoms with Crippen molar-refractivity contribution in [1.29, 1.82) is 0 Å². The van der Waals surface area contributed by atoms with Crippen LogP contribution in [0.15, 0.2) is 45.9 Å². The lowest BCUT2D eigenvalue weighted by Crippen LogP contribution is -2.27. The van der Waals surface area contributed by atoms with E-state index in [0.29, 0.717) is 21.8 Å². The van der Waals surface area contributed by atoms with Gasteiger partial charge in [0.15, 0.2) is 0 Å². The smallest absolute Gasteiger partial charge is 0.345 e. The molecule has 0 fully saturated rings. The van der Waals surface area contributed by atoms with Gasteiger partial charge in [-0.2, -0.15) is 9.61 Å². The number of halogens is 2. The molecular formula is C16H13BrClN3O3. The predicted molar refractivity (Wildman–Crippen MR) is 93.7 cm³/mol. The highest BCUT2D eigenvalue weighted by Crippen LogP contribution is 2.15. The minimum atomic E-state index is -0.666. The first-order valence-corrected chi connectivity index (χ1v) is 8.37. The van der Waals surface area contributed by atoms with Crippen molar-refractivity contribution in [3.8, 4) is 0 Å². The molecule has 0 spiro atoms. The molecule has 1 aromatic carbocycles. The van der Waals surface area contributed by atoms with E-state index in [2.05, 4.69) is 21.0 Å². The number of hydrogen-bond acceptors (Lipinski definition) is 4. The zero-order valence-corrected chi connectivity index (χ0v) is 15.0. The van der Waals surface area contributed by atoms with Crippen molar-refractivity contribution in [2.45, 2.75) is 13.5 Å². The molecule has 0 N–H and O–H groups in total. The maximum Gasteiger partial charge on any atom is 0.345 e. The van der Waals surface area contributed by atoms with E-state index in [0.717, 1.165) is 5.56 Å². The molecule has 0 bridgehead atoms. The molecule has 0 amide bonds. The van der Waals surface area contributed by atoms with E-state index in [4.69, 9.17) is 16.3 Å².